The smallest absolute Gasteiger partial charge is 0.145 e. The van der Waals surface area contributed by atoms with Crippen LogP contribution in [0.1, 0.15) is 5.56 Å². The Labute approximate surface area is 117 Å². The van der Waals surface area contributed by atoms with Crippen LogP contribution < -0.4 is 0 Å². The number of fused-ring (bicyclic) bond motifs is 3. The standard InChI is InChI=1S/C18H14N2/c1-13-7-5-11-16-17(13)15-10-6-12-19-18(15)20(16)14-8-3-2-4-9-14/h2-12H,1H3. The first-order valence-electron chi connectivity index (χ1n) is 6.76. The third-order valence-corrected chi connectivity index (χ3v) is 3.77. The van der Waals surface area contributed by atoms with E-state index in [0.717, 1.165) is 11.3 Å². The Morgan fingerprint density at radius 1 is 0.850 bits per heavy atom. The summed E-state index contributed by atoms with van der Waals surface area (Å²) in [4.78, 5) is 4.60. The van der Waals surface area contributed by atoms with E-state index in [-0.39, 0.29) is 0 Å². The largest absolute Gasteiger partial charge is 0.294 e. The molecule has 0 N–H and O–H groups in total. The van der Waals surface area contributed by atoms with Crippen molar-refractivity contribution < 1.29 is 0 Å². The lowest BCUT2D eigenvalue weighted by molar-refractivity contribution is 1.14. The summed E-state index contributed by atoms with van der Waals surface area (Å²) in [6.07, 6.45) is 1.86. The third kappa shape index (κ3) is 1.48. The summed E-state index contributed by atoms with van der Waals surface area (Å²) in [6.45, 7) is 2.16. The van der Waals surface area contributed by atoms with Crippen LogP contribution in [0, 0.1) is 6.92 Å². The van der Waals surface area contributed by atoms with Crippen molar-refractivity contribution in [1.29, 1.82) is 0 Å². The van der Waals surface area contributed by atoms with Gasteiger partial charge in [-0.3, -0.25) is 4.57 Å². The molecule has 0 saturated heterocycles. The second-order valence-corrected chi connectivity index (χ2v) is 5.01. The minimum Gasteiger partial charge on any atom is -0.294 e. The Bertz CT molecular complexity index is 905. The van der Waals surface area contributed by atoms with E-state index in [1.165, 1.54) is 21.9 Å². The van der Waals surface area contributed by atoms with Gasteiger partial charge in [0.2, 0.25) is 0 Å². The zero-order valence-corrected chi connectivity index (χ0v) is 11.2. The first-order chi connectivity index (χ1) is 9.86. The van der Waals surface area contributed by atoms with Gasteiger partial charge in [-0.15, -0.1) is 0 Å². The summed E-state index contributed by atoms with van der Waals surface area (Å²) >= 11 is 0. The molecule has 0 saturated carbocycles. The molecule has 4 rings (SSSR count). The monoisotopic (exact) mass is 258 g/mol. The molecular formula is C18H14N2. The number of nitrogens with zero attached hydrogens (tertiary/aromatic N) is 2. The van der Waals surface area contributed by atoms with Crippen molar-refractivity contribution >= 4 is 21.9 Å². The van der Waals surface area contributed by atoms with Gasteiger partial charge in [-0.25, -0.2) is 4.98 Å². The Morgan fingerprint density at radius 3 is 2.55 bits per heavy atom. The summed E-state index contributed by atoms with van der Waals surface area (Å²) < 4.78 is 2.23. The molecule has 20 heavy (non-hydrogen) atoms. The van der Waals surface area contributed by atoms with E-state index < -0.39 is 0 Å². The van der Waals surface area contributed by atoms with Gasteiger partial charge in [0.05, 0.1) is 5.52 Å². The molecule has 96 valence electrons. The molecule has 2 heteroatoms. The van der Waals surface area contributed by atoms with Crippen molar-refractivity contribution in [3.05, 3.63) is 72.4 Å². The van der Waals surface area contributed by atoms with Gasteiger partial charge in [-0.05, 0) is 42.8 Å². The molecule has 2 aromatic carbocycles. The van der Waals surface area contributed by atoms with Crippen LogP contribution in [0.5, 0.6) is 0 Å². The first kappa shape index (κ1) is 11.2. The summed E-state index contributed by atoms with van der Waals surface area (Å²) in [5, 5.41) is 2.50. The van der Waals surface area contributed by atoms with Gasteiger partial charge in [0.15, 0.2) is 0 Å². The predicted molar refractivity (Wildman–Crippen MR) is 83.3 cm³/mol. The van der Waals surface area contributed by atoms with Crippen molar-refractivity contribution in [3.8, 4) is 5.69 Å². The van der Waals surface area contributed by atoms with Crippen LogP contribution in [-0.2, 0) is 0 Å². The summed E-state index contributed by atoms with van der Waals surface area (Å²) in [5.74, 6) is 0. The Kier molecular flexibility index (Phi) is 2.36. The maximum Gasteiger partial charge on any atom is 0.145 e. The highest BCUT2D eigenvalue weighted by Gasteiger charge is 2.13. The molecule has 0 bridgehead atoms. The molecule has 0 spiro atoms. The van der Waals surface area contributed by atoms with E-state index in [9.17, 15) is 0 Å². The average Bonchev–Trinajstić information content (AvgIpc) is 2.84. The fraction of sp³-hybridized carbons (Fsp3) is 0.0556. The van der Waals surface area contributed by atoms with Crippen molar-refractivity contribution in [3.63, 3.8) is 0 Å². The van der Waals surface area contributed by atoms with E-state index in [4.69, 9.17) is 0 Å². The highest BCUT2D eigenvalue weighted by Crippen LogP contribution is 2.32. The van der Waals surface area contributed by atoms with Gasteiger partial charge >= 0.3 is 0 Å². The summed E-state index contributed by atoms with van der Waals surface area (Å²) in [6, 6.07) is 21.0. The van der Waals surface area contributed by atoms with E-state index in [0.29, 0.717) is 0 Å². The maximum absolute atomic E-state index is 4.60. The molecule has 0 aliphatic heterocycles. The SMILES string of the molecule is Cc1cccc2c1c1cccnc1n2-c1ccccc1. The molecule has 2 nitrogen and oxygen atoms in total. The van der Waals surface area contributed by atoms with Crippen LogP contribution in [0.2, 0.25) is 0 Å². The number of benzene rings is 2. The molecule has 2 heterocycles. The molecule has 0 aliphatic rings. The average molecular weight is 258 g/mol. The molecule has 0 amide bonds. The number of pyridine rings is 1. The van der Waals surface area contributed by atoms with Crippen LogP contribution in [-0.4, -0.2) is 9.55 Å². The zero-order chi connectivity index (χ0) is 13.5. The van der Waals surface area contributed by atoms with Crippen molar-refractivity contribution in [1.82, 2.24) is 9.55 Å². The highest BCUT2D eigenvalue weighted by atomic mass is 15.0. The second kappa shape index (κ2) is 4.20. The highest BCUT2D eigenvalue weighted by molar-refractivity contribution is 6.09. The maximum atomic E-state index is 4.60. The van der Waals surface area contributed by atoms with Gasteiger partial charge in [0.1, 0.15) is 5.65 Å². The lowest BCUT2D eigenvalue weighted by atomic mass is 10.1. The van der Waals surface area contributed by atoms with E-state index >= 15 is 0 Å². The quantitative estimate of drug-likeness (QED) is 0.492. The van der Waals surface area contributed by atoms with Crippen LogP contribution in [0.3, 0.4) is 0 Å². The fourth-order valence-electron chi connectivity index (χ4n) is 2.91. The number of aryl methyl sites for hydroxylation is 1. The third-order valence-electron chi connectivity index (χ3n) is 3.77. The van der Waals surface area contributed by atoms with Crippen LogP contribution >= 0.6 is 0 Å². The van der Waals surface area contributed by atoms with Crippen molar-refractivity contribution in [2.24, 2.45) is 0 Å². The zero-order valence-electron chi connectivity index (χ0n) is 11.2. The van der Waals surface area contributed by atoms with E-state index in [2.05, 4.69) is 65.0 Å². The number of rotatable bonds is 1. The Hall–Kier alpha value is -2.61. The summed E-state index contributed by atoms with van der Waals surface area (Å²) in [7, 11) is 0. The van der Waals surface area contributed by atoms with Crippen LogP contribution in [0.4, 0.5) is 0 Å². The van der Waals surface area contributed by atoms with Gasteiger partial charge < -0.3 is 0 Å². The predicted octanol–water partition coefficient (Wildman–Crippen LogP) is 4.49. The van der Waals surface area contributed by atoms with E-state index in [1.807, 2.05) is 18.3 Å². The van der Waals surface area contributed by atoms with Gasteiger partial charge in [0, 0.05) is 22.7 Å². The molecule has 0 unspecified atom stereocenters. The molecule has 0 atom stereocenters. The number of hydrogen-bond acceptors (Lipinski definition) is 1. The second-order valence-electron chi connectivity index (χ2n) is 5.01. The lowest BCUT2D eigenvalue weighted by Crippen LogP contribution is -1.94. The normalized spacial score (nSPS) is 11.2. The molecular weight excluding hydrogens is 244 g/mol. The molecule has 0 radical (unpaired) electrons. The summed E-state index contributed by atoms with van der Waals surface area (Å²) in [5.41, 5.74) is 4.67. The molecule has 0 fully saturated rings. The van der Waals surface area contributed by atoms with Crippen LogP contribution in [0.25, 0.3) is 27.6 Å². The first-order valence-corrected chi connectivity index (χ1v) is 6.76. The van der Waals surface area contributed by atoms with E-state index in [1.54, 1.807) is 0 Å². The van der Waals surface area contributed by atoms with Gasteiger partial charge in [0.25, 0.3) is 0 Å². The van der Waals surface area contributed by atoms with Gasteiger partial charge in [-0.1, -0.05) is 30.3 Å². The Morgan fingerprint density at radius 2 is 1.70 bits per heavy atom. The molecule has 4 aromatic rings. The lowest BCUT2D eigenvalue weighted by Gasteiger charge is -2.06. The molecule has 0 aliphatic carbocycles. The van der Waals surface area contributed by atoms with Gasteiger partial charge in [-0.2, -0.15) is 0 Å². The minimum absolute atomic E-state index is 1.02. The fourth-order valence-corrected chi connectivity index (χ4v) is 2.91. The van der Waals surface area contributed by atoms with Crippen molar-refractivity contribution in [2.45, 2.75) is 6.92 Å². The van der Waals surface area contributed by atoms with Crippen LogP contribution in [0.15, 0.2) is 66.9 Å². The number of para-hydroxylation sites is 1. The number of aromatic nitrogens is 2. The van der Waals surface area contributed by atoms with Crippen molar-refractivity contribution in [2.75, 3.05) is 0 Å². The molecule has 2 aromatic heterocycles. The topological polar surface area (TPSA) is 17.8 Å². The number of hydrogen-bond donors (Lipinski definition) is 0. The Balaban J connectivity index is 2.26. The minimum atomic E-state index is 1.02.